The molecule has 0 spiro atoms. The Labute approximate surface area is 241 Å². The maximum Gasteiger partial charge on any atom is 0.264 e. The van der Waals surface area contributed by atoms with Gasteiger partial charge in [0.25, 0.3) is 10.0 Å². The zero-order valence-electron chi connectivity index (χ0n) is 23.5. The van der Waals surface area contributed by atoms with Crippen molar-refractivity contribution in [2.45, 2.75) is 64.6 Å². The molecule has 0 bridgehead atoms. The molecule has 0 aliphatic heterocycles. The third-order valence-electron chi connectivity index (χ3n) is 6.25. The Bertz CT molecular complexity index is 1470. The van der Waals surface area contributed by atoms with Gasteiger partial charge in [0.05, 0.1) is 10.6 Å². The standard InChI is InChI=1S/C30H35ClFN3O4S/c1-20-7-14-26(15-8-20)40(38,39)35(27-16-11-24(31)17-21(27)2)19-28(36)34(18-23-9-12-25(32)13-10-23)22(3)29(37)33-30(4,5)6/h7-17,22H,18-19H2,1-6H3,(H,33,37)/t22-/m0/s1. The Kier molecular flexibility index (Phi) is 9.64. The molecule has 3 aromatic rings. The summed E-state index contributed by atoms with van der Waals surface area (Å²) < 4.78 is 42.5. The van der Waals surface area contributed by atoms with Crippen molar-refractivity contribution in [1.82, 2.24) is 10.2 Å². The molecule has 2 amide bonds. The molecule has 0 saturated carbocycles. The summed E-state index contributed by atoms with van der Waals surface area (Å²) in [6.45, 7) is 9.99. The van der Waals surface area contributed by atoms with E-state index in [-0.39, 0.29) is 17.1 Å². The number of benzene rings is 3. The lowest BCUT2D eigenvalue weighted by Crippen LogP contribution is -2.54. The summed E-state index contributed by atoms with van der Waals surface area (Å²) in [5.41, 5.74) is 1.75. The Hall–Kier alpha value is -3.43. The molecule has 1 atom stereocenters. The first-order chi connectivity index (χ1) is 18.6. The Morgan fingerprint density at radius 1 is 0.975 bits per heavy atom. The number of nitrogens with one attached hydrogen (secondary N) is 1. The average molecular weight is 588 g/mol. The van der Waals surface area contributed by atoms with E-state index in [4.69, 9.17) is 11.6 Å². The van der Waals surface area contributed by atoms with Crippen molar-refractivity contribution in [2.24, 2.45) is 0 Å². The van der Waals surface area contributed by atoms with Gasteiger partial charge in [-0.05, 0) is 95.1 Å². The number of carbonyl (C=O) groups is 2. The van der Waals surface area contributed by atoms with E-state index in [1.807, 2.05) is 27.7 Å². The van der Waals surface area contributed by atoms with Crippen LogP contribution < -0.4 is 9.62 Å². The topological polar surface area (TPSA) is 86.8 Å². The van der Waals surface area contributed by atoms with Crippen molar-refractivity contribution in [3.8, 4) is 0 Å². The molecule has 3 aromatic carbocycles. The van der Waals surface area contributed by atoms with Gasteiger partial charge in [-0.15, -0.1) is 0 Å². The van der Waals surface area contributed by atoms with Crippen LogP contribution in [0.25, 0.3) is 0 Å². The number of amides is 2. The van der Waals surface area contributed by atoms with E-state index in [1.165, 1.54) is 41.3 Å². The van der Waals surface area contributed by atoms with Gasteiger partial charge in [-0.25, -0.2) is 12.8 Å². The van der Waals surface area contributed by atoms with Crippen LogP contribution in [0.2, 0.25) is 5.02 Å². The fourth-order valence-corrected chi connectivity index (χ4v) is 5.80. The average Bonchev–Trinajstić information content (AvgIpc) is 2.86. The summed E-state index contributed by atoms with van der Waals surface area (Å²) in [6.07, 6.45) is 0. The second-order valence-corrected chi connectivity index (χ2v) is 13.1. The highest BCUT2D eigenvalue weighted by atomic mass is 35.5. The summed E-state index contributed by atoms with van der Waals surface area (Å²) in [4.78, 5) is 28.4. The van der Waals surface area contributed by atoms with E-state index in [9.17, 15) is 22.4 Å². The Morgan fingerprint density at radius 3 is 2.12 bits per heavy atom. The van der Waals surface area contributed by atoms with E-state index in [0.29, 0.717) is 16.1 Å². The van der Waals surface area contributed by atoms with E-state index in [2.05, 4.69) is 5.32 Å². The first-order valence-electron chi connectivity index (χ1n) is 12.8. The number of sulfonamides is 1. The predicted molar refractivity (Wildman–Crippen MR) is 156 cm³/mol. The molecule has 0 aliphatic carbocycles. The summed E-state index contributed by atoms with van der Waals surface area (Å²) in [6, 6.07) is 15.7. The molecule has 1 N–H and O–H groups in total. The third kappa shape index (κ3) is 7.82. The first kappa shape index (κ1) is 31.1. The molecule has 0 unspecified atom stereocenters. The van der Waals surface area contributed by atoms with Crippen LogP contribution in [0.3, 0.4) is 0 Å². The van der Waals surface area contributed by atoms with Gasteiger partial charge in [0, 0.05) is 17.1 Å². The molecule has 10 heteroatoms. The van der Waals surface area contributed by atoms with Crippen LogP contribution in [0.4, 0.5) is 10.1 Å². The predicted octanol–water partition coefficient (Wildman–Crippen LogP) is 5.62. The van der Waals surface area contributed by atoms with Gasteiger partial charge in [0.1, 0.15) is 18.4 Å². The molecule has 0 aliphatic rings. The fraction of sp³-hybridized carbons (Fsp3) is 0.333. The normalized spacial score (nSPS) is 12.5. The fourth-order valence-electron chi connectivity index (χ4n) is 4.09. The van der Waals surface area contributed by atoms with E-state index >= 15 is 0 Å². The van der Waals surface area contributed by atoms with Crippen LogP contribution in [0.15, 0.2) is 71.6 Å². The second kappa shape index (κ2) is 12.4. The van der Waals surface area contributed by atoms with Gasteiger partial charge in [-0.3, -0.25) is 13.9 Å². The van der Waals surface area contributed by atoms with E-state index in [0.717, 1.165) is 9.87 Å². The molecular weight excluding hydrogens is 553 g/mol. The number of rotatable bonds is 9. The number of aryl methyl sites for hydroxylation is 2. The van der Waals surface area contributed by atoms with Crippen molar-refractivity contribution in [2.75, 3.05) is 10.8 Å². The van der Waals surface area contributed by atoms with Crippen LogP contribution >= 0.6 is 11.6 Å². The van der Waals surface area contributed by atoms with Crippen molar-refractivity contribution in [3.05, 3.63) is 94.3 Å². The summed E-state index contributed by atoms with van der Waals surface area (Å²) in [5, 5.41) is 3.29. The molecule has 0 saturated heterocycles. The number of halogens is 2. The number of anilines is 1. The lowest BCUT2D eigenvalue weighted by atomic mass is 10.1. The highest BCUT2D eigenvalue weighted by Crippen LogP contribution is 2.29. The number of carbonyl (C=O) groups excluding carboxylic acids is 2. The molecule has 7 nitrogen and oxygen atoms in total. The van der Waals surface area contributed by atoms with Crippen LogP contribution in [0.1, 0.15) is 44.4 Å². The smallest absolute Gasteiger partial charge is 0.264 e. The number of hydrogen-bond donors (Lipinski definition) is 1. The largest absolute Gasteiger partial charge is 0.350 e. The second-order valence-electron chi connectivity index (χ2n) is 10.8. The SMILES string of the molecule is Cc1ccc(S(=O)(=O)N(CC(=O)N(Cc2ccc(F)cc2)[C@@H](C)C(=O)NC(C)(C)C)c2ccc(Cl)cc2C)cc1. The lowest BCUT2D eigenvalue weighted by molar-refractivity contribution is -0.140. The van der Waals surface area contributed by atoms with Crippen molar-refractivity contribution >= 4 is 39.1 Å². The van der Waals surface area contributed by atoms with Gasteiger partial charge >= 0.3 is 0 Å². The minimum atomic E-state index is -4.20. The number of hydrogen-bond acceptors (Lipinski definition) is 4. The first-order valence-corrected chi connectivity index (χ1v) is 14.6. The molecule has 3 rings (SSSR count). The van der Waals surface area contributed by atoms with Crippen LogP contribution in [-0.4, -0.2) is 43.3 Å². The lowest BCUT2D eigenvalue weighted by Gasteiger charge is -2.34. The summed E-state index contributed by atoms with van der Waals surface area (Å²) in [7, 11) is -4.20. The molecule has 40 heavy (non-hydrogen) atoms. The third-order valence-corrected chi connectivity index (χ3v) is 8.26. The van der Waals surface area contributed by atoms with Gasteiger partial charge in [-0.1, -0.05) is 41.4 Å². The molecule has 0 aromatic heterocycles. The van der Waals surface area contributed by atoms with Crippen LogP contribution in [-0.2, 0) is 26.2 Å². The number of nitrogens with zero attached hydrogens (tertiary/aromatic N) is 2. The quantitative estimate of drug-likeness (QED) is 0.352. The maximum absolute atomic E-state index is 14.0. The zero-order valence-corrected chi connectivity index (χ0v) is 25.1. The highest BCUT2D eigenvalue weighted by molar-refractivity contribution is 7.92. The maximum atomic E-state index is 14.0. The van der Waals surface area contributed by atoms with Gasteiger partial charge in [0.15, 0.2) is 0 Å². The molecule has 0 fully saturated rings. The zero-order chi connectivity index (χ0) is 29.8. The Morgan fingerprint density at radius 2 is 1.57 bits per heavy atom. The molecule has 0 heterocycles. The molecule has 214 valence electrons. The van der Waals surface area contributed by atoms with Crippen molar-refractivity contribution < 1.29 is 22.4 Å². The molecule has 0 radical (unpaired) electrons. The van der Waals surface area contributed by atoms with Gasteiger partial charge in [-0.2, -0.15) is 0 Å². The van der Waals surface area contributed by atoms with Crippen LogP contribution in [0, 0.1) is 19.7 Å². The minimum Gasteiger partial charge on any atom is -0.350 e. The monoisotopic (exact) mass is 587 g/mol. The van der Waals surface area contributed by atoms with E-state index < -0.39 is 45.8 Å². The van der Waals surface area contributed by atoms with Crippen molar-refractivity contribution in [3.63, 3.8) is 0 Å². The van der Waals surface area contributed by atoms with Gasteiger partial charge in [0.2, 0.25) is 11.8 Å². The Balaban J connectivity index is 2.07. The minimum absolute atomic E-state index is 0.0175. The van der Waals surface area contributed by atoms with E-state index in [1.54, 1.807) is 44.2 Å². The van der Waals surface area contributed by atoms with Crippen molar-refractivity contribution in [1.29, 1.82) is 0 Å². The van der Waals surface area contributed by atoms with Crippen LogP contribution in [0.5, 0.6) is 0 Å². The molecular formula is C30H35ClFN3O4S. The summed E-state index contributed by atoms with van der Waals surface area (Å²) >= 11 is 6.14. The summed E-state index contributed by atoms with van der Waals surface area (Å²) in [5.74, 6) is -1.45. The highest BCUT2D eigenvalue weighted by Gasteiger charge is 2.34. The van der Waals surface area contributed by atoms with Gasteiger partial charge < -0.3 is 10.2 Å².